The van der Waals surface area contributed by atoms with E-state index in [-0.39, 0.29) is 12.5 Å². The van der Waals surface area contributed by atoms with E-state index >= 15 is 0 Å². The van der Waals surface area contributed by atoms with Crippen LogP contribution >= 0.6 is 0 Å². The van der Waals surface area contributed by atoms with E-state index in [9.17, 15) is 45.6 Å². The lowest BCUT2D eigenvalue weighted by atomic mass is 9.97. The van der Waals surface area contributed by atoms with Crippen LogP contribution in [0.3, 0.4) is 0 Å². The highest BCUT2D eigenvalue weighted by molar-refractivity contribution is 5.76. The molecule has 0 spiro atoms. The molecule has 14 nitrogen and oxygen atoms in total. The van der Waals surface area contributed by atoms with Crippen molar-refractivity contribution in [3.05, 3.63) is 60.8 Å². The van der Waals surface area contributed by atoms with Crippen LogP contribution in [0.15, 0.2) is 60.8 Å². The largest absolute Gasteiger partial charge is 0.394 e. The summed E-state index contributed by atoms with van der Waals surface area (Å²) in [5.74, 6) is -0.205. The molecule has 12 unspecified atom stereocenters. The molecule has 0 aliphatic carbocycles. The molecule has 9 N–H and O–H groups in total. The van der Waals surface area contributed by atoms with Crippen LogP contribution in [0.2, 0.25) is 0 Å². The van der Waals surface area contributed by atoms with Crippen LogP contribution in [-0.2, 0) is 23.7 Å². The first-order valence-electron chi connectivity index (χ1n) is 33.5. The Morgan fingerprint density at radius 2 is 0.841 bits per heavy atom. The molecule has 2 rings (SSSR count). The van der Waals surface area contributed by atoms with Crippen molar-refractivity contribution in [3.63, 3.8) is 0 Å². The van der Waals surface area contributed by atoms with Gasteiger partial charge >= 0.3 is 0 Å². The van der Waals surface area contributed by atoms with Gasteiger partial charge in [-0.15, -0.1) is 0 Å². The van der Waals surface area contributed by atoms with Gasteiger partial charge in [-0.25, -0.2) is 0 Å². The molecule has 2 heterocycles. The molecule has 14 heteroatoms. The molecule has 0 aromatic rings. The van der Waals surface area contributed by atoms with Gasteiger partial charge in [0, 0.05) is 6.42 Å². The number of carbonyl (C=O) groups excluding carboxylic acids is 1. The molecular weight excluding hydrogens is 1040 g/mol. The highest BCUT2D eigenvalue weighted by Gasteiger charge is 2.51. The van der Waals surface area contributed by atoms with Crippen molar-refractivity contribution < 1.29 is 64.6 Å². The number of nitrogens with one attached hydrogen (secondary N) is 1. The number of unbranched alkanes of at least 4 members (excludes halogenated alkanes) is 31. The SMILES string of the molecule is CC/C=C\C/C=C\C/C=C\C/C=C\C/C=C\CCCCCCCCCCCCCCCCCCCC(=O)NC(COC1OC(CO)C(OC2OC(CO)C(O)C(O)C2O)C(O)C1O)C(O)CCCCCCCCCCCCCCCCC. The van der Waals surface area contributed by atoms with Gasteiger partial charge in [0.1, 0.15) is 48.8 Å². The van der Waals surface area contributed by atoms with Crippen molar-refractivity contribution >= 4 is 5.91 Å². The monoisotopic (exact) mass is 1160 g/mol. The Bertz CT molecular complexity index is 1610. The van der Waals surface area contributed by atoms with Crippen LogP contribution in [0.5, 0.6) is 0 Å². The predicted octanol–water partition coefficient (Wildman–Crippen LogP) is 12.9. The van der Waals surface area contributed by atoms with Crippen LogP contribution in [-0.4, -0.2) is 140 Å². The van der Waals surface area contributed by atoms with Crippen LogP contribution in [0, 0.1) is 0 Å². The van der Waals surface area contributed by atoms with Gasteiger partial charge in [0.2, 0.25) is 5.91 Å². The minimum atomic E-state index is -1.78. The second-order valence-electron chi connectivity index (χ2n) is 23.6. The number of hydrogen-bond acceptors (Lipinski definition) is 13. The molecule has 2 aliphatic heterocycles. The molecule has 0 bridgehead atoms. The van der Waals surface area contributed by atoms with Crippen LogP contribution in [0.25, 0.3) is 0 Å². The second-order valence-corrected chi connectivity index (χ2v) is 23.6. The lowest BCUT2D eigenvalue weighted by molar-refractivity contribution is -0.359. The Balaban J connectivity index is 1.63. The zero-order chi connectivity index (χ0) is 59.5. The average molecular weight is 1160 g/mol. The van der Waals surface area contributed by atoms with Gasteiger partial charge in [-0.05, 0) is 57.8 Å². The van der Waals surface area contributed by atoms with Gasteiger partial charge in [-0.1, -0.05) is 267 Å². The van der Waals surface area contributed by atoms with Gasteiger partial charge in [0.05, 0.1) is 32.0 Å². The summed E-state index contributed by atoms with van der Waals surface area (Å²) >= 11 is 0. The third kappa shape index (κ3) is 37.3. The molecule has 82 heavy (non-hydrogen) atoms. The third-order valence-electron chi connectivity index (χ3n) is 16.2. The first-order valence-corrected chi connectivity index (χ1v) is 33.5. The third-order valence-corrected chi connectivity index (χ3v) is 16.2. The summed E-state index contributed by atoms with van der Waals surface area (Å²) in [4.78, 5) is 13.3. The lowest BCUT2D eigenvalue weighted by Gasteiger charge is -2.46. The Labute approximate surface area is 498 Å². The average Bonchev–Trinajstić information content (AvgIpc) is 3.60. The maximum Gasteiger partial charge on any atom is 0.220 e. The smallest absolute Gasteiger partial charge is 0.220 e. The van der Waals surface area contributed by atoms with Crippen molar-refractivity contribution in [2.24, 2.45) is 0 Å². The molecular formula is C68H123NO13. The predicted molar refractivity (Wildman–Crippen MR) is 332 cm³/mol. The van der Waals surface area contributed by atoms with Crippen molar-refractivity contribution in [1.82, 2.24) is 5.32 Å². The van der Waals surface area contributed by atoms with E-state index in [1.165, 1.54) is 161 Å². The summed E-state index contributed by atoms with van der Waals surface area (Å²) in [5, 5.41) is 87.4. The van der Waals surface area contributed by atoms with E-state index in [2.05, 4.69) is 79.9 Å². The van der Waals surface area contributed by atoms with Gasteiger partial charge in [0.15, 0.2) is 12.6 Å². The first kappa shape index (κ1) is 75.8. The molecule has 0 radical (unpaired) electrons. The summed E-state index contributed by atoms with van der Waals surface area (Å²) in [7, 11) is 0. The van der Waals surface area contributed by atoms with Gasteiger partial charge in [-0.2, -0.15) is 0 Å². The number of allylic oxidation sites excluding steroid dienone is 10. The van der Waals surface area contributed by atoms with E-state index in [4.69, 9.17) is 18.9 Å². The van der Waals surface area contributed by atoms with E-state index in [1.807, 2.05) is 0 Å². The van der Waals surface area contributed by atoms with Crippen LogP contribution in [0.1, 0.15) is 271 Å². The van der Waals surface area contributed by atoms with Crippen molar-refractivity contribution in [3.8, 4) is 0 Å². The zero-order valence-electron chi connectivity index (χ0n) is 51.7. The number of amides is 1. The van der Waals surface area contributed by atoms with Crippen molar-refractivity contribution in [2.45, 2.75) is 344 Å². The summed E-state index contributed by atoms with van der Waals surface area (Å²) < 4.78 is 22.9. The van der Waals surface area contributed by atoms with Gasteiger partial charge in [-0.3, -0.25) is 4.79 Å². The van der Waals surface area contributed by atoms with E-state index in [0.717, 1.165) is 83.5 Å². The number of aliphatic hydroxyl groups excluding tert-OH is 8. The highest BCUT2D eigenvalue weighted by atomic mass is 16.7. The van der Waals surface area contributed by atoms with E-state index in [1.54, 1.807) is 0 Å². The number of aliphatic hydroxyl groups is 8. The molecule has 0 aromatic carbocycles. The van der Waals surface area contributed by atoms with Gasteiger partial charge < -0.3 is 65.1 Å². The lowest BCUT2D eigenvalue weighted by Crippen LogP contribution is -2.65. The Morgan fingerprint density at radius 1 is 0.451 bits per heavy atom. The molecule has 2 fully saturated rings. The standard InChI is InChI=1S/C68H123NO13/c1-3-5-7-9-11-13-15-17-19-20-21-22-23-24-25-26-27-28-29-30-31-32-33-34-35-36-38-40-42-44-46-48-50-52-60(73)69-56(57(72)51-49-47-45-43-41-39-37-18-16-14-12-10-8-6-4-2)55-79-67-65(78)63(76)66(59(54-71)81-67)82-68-64(77)62(75)61(74)58(53-70)80-68/h5,7,11,13,17,19,21-22,24-25,56-59,61-68,70-72,74-78H,3-4,6,8-10,12,14-16,18,20,23,26-55H2,1-2H3,(H,69,73)/b7-5-,13-11-,19-17-,22-21-,25-24-. The quantitative estimate of drug-likeness (QED) is 0.0204. The Hall–Kier alpha value is -2.31. The molecule has 12 atom stereocenters. The van der Waals surface area contributed by atoms with Crippen LogP contribution in [0.4, 0.5) is 0 Å². The summed E-state index contributed by atoms with van der Waals surface area (Å²) in [6, 6.07) is -0.829. The number of ether oxygens (including phenoxy) is 4. The van der Waals surface area contributed by atoms with Crippen molar-refractivity contribution in [2.75, 3.05) is 19.8 Å². The molecule has 1 amide bonds. The zero-order valence-corrected chi connectivity index (χ0v) is 51.7. The fraction of sp³-hybridized carbons (Fsp3) is 0.838. The van der Waals surface area contributed by atoms with E-state index in [0.29, 0.717) is 12.8 Å². The molecule has 2 aliphatic rings. The second kappa shape index (κ2) is 53.0. The summed E-state index contributed by atoms with van der Waals surface area (Å²) in [6.07, 6.45) is 52.3. The molecule has 0 saturated carbocycles. The van der Waals surface area contributed by atoms with Gasteiger partial charge in [0.25, 0.3) is 0 Å². The molecule has 478 valence electrons. The fourth-order valence-corrected chi connectivity index (χ4v) is 10.9. The Morgan fingerprint density at radius 3 is 1.29 bits per heavy atom. The fourth-order valence-electron chi connectivity index (χ4n) is 10.9. The number of hydrogen-bond donors (Lipinski definition) is 9. The maximum atomic E-state index is 13.3. The van der Waals surface area contributed by atoms with Crippen LogP contribution < -0.4 is 5.32 Å². The van der Waals surface area contributed by atoms with E-state index < -0.39 is 86.8 Å². The normalized spacial score (nSPS) is 24.3. The summed E-state index contributed by atoms with van der Waals surface area (Å²) in [5.41, 5.74) is 0. The first-order chi connectivity index (χ1) is 40.1. The van der Waals surface area contributed by atoms with Crippen molar-refractivity contribution in [1.29, 1.82) is 0 Å². The maximum absolute atomic E-state index is 13.3. The number of carbonyl (C=O) groups is 1. The Kier molecular flexibility index (Phi) is 49.0. The number of rotatable bonds is 54. The molecule has 0 aromatic heterocycles. The highest BCUT2D eigenvalue weighted by Crippen LogP contribution is 2.30. The topological polar surface area (TPSA) is 228 Å². The summed E-state index contributed by atoms with van der Waals surface area (Å²) in [6.45, 7) is 2.77. The molecule has 2 saturated heterocycles. The minimum absolute atomic E-state index is 0.205. The minimum Gasteiger partial charge on any atom is -0.394 e.